The summed E-state index contributed by atoms with van der Waals surface area (Å²) in [5, 5.41) is 8.18. The van der Waals surface area contributed by atoms with Crippen molar-refractivity contribution >= 4 is 22.9 Å². The van der Waals surface area contributed by atoms with Crippen molar-refractivity contribution in [1.29, 1.82) is 0 Å². The fraction of sp³-hybridized carbons (Fsp3) is 0.148. The van der Waals surface area contributed by atoms with Crippen molar-refractivity contribution in [3.05, 3.63) is 107 Å². The second-order valence-corrected chi connectivity index (χ2v) is 8.55. The smallest absolute Gasteiger partial charge is 0.258 e. The normalized spacial score (nSPS) is 15.8. The number of halogens is 1. The molecule has 0 aliphatic carbocycles. The average molecular weight is 487 g/mol. The first-order valence-electron chi connectivity index (χ1n) is 11.1. The zero-order valence-electron chi connectivity index (χ0n) is 19.2. The first-order chi connectivity index (χ1) is 17.0. The monoisotopic (exact) mass is 486 g/mol. The zero-order valence-corrected chi connectivity index (χ0v) is 20.1. The number of nitrogens with zero attached hydrogens (tertiary/aromatic N) is 3. The highest BCUT2D eigenvalue weighted by atomic mass is 32.1. The molecule has 1 unspecified atom stereocenters. The lowest BCUT2D eigenvalue weighted by Crippen LogP contribution is -2.45. The van der Waals surface area contributed by atoms with Crippen molar-refractivity contribution in [2.75, 3.05) is 7.11 Å². The van der Waals surface area contributed by atoms with Gasteiger partial charge in [0.2, 0.25) is 5.82 Å². The molecular formula is C27H23FN4O2S. The summed E-state index contributed by atoms with van der Waals surface area (Å²) in [6.07, 6.45) is 0. The highest BCUT2D eigenvalue weighted by Crippen LogP contribution is 2.38. The van der Waals surface area contributed by atoms with E-state index in [9.17, 15) is 4.39 Å². The fourth-order valence-electron chi connectivity index (χ4n) is 4.14. The number of rotatable bonds is 6. The van der Waals surface area contributed by atoms with Gasteiger partial charge in [-0.3, -0.25) is 0 Å². The number of ether oxygens (including phenoxy) is 1. The maximum Gasteiger partial charge on any atom is 0.258 e. The Morgan fingerprint density at radius 1 is 1.06 bits per heavy atom. The fourth-order valence-corrected chi connectivity index (χ4v) is 4.45. The Balaban J connectivity index is 1.57. The van der Waals surface area contributed by atoms with Gasteiger partial charge in [-0.05, 0) is 54.5 Å². The van der Waals surface area contributed by atoms with Gasteiger partial charge >= 0.3 is 0 Å². The summed E-state index contributed by atoms with van der Waals surface area (Å²) in [6.45, 7) is 2.55. The van der Waals surface area contributed by atoms with E-state index >= 15 is 0 Å². The molecule has 8 heteroatoms. The van der Waals surface area contributed by atoms with Crippen molar-refractivity contribution in [3.63, 3.8) is 0 Å². The molecule has 4 aromatic rings. The summed E-state index contributed by atoms with van der Waals surface area (Å²) in [5.41, 5.74) is 4.34. The highest BCUT2D eigenvalue weighted by molar-refractivity contribution is 7.80. The third kappa shape index (κ3) is 4.65. The van der Waals surface area contributed by atoms with E-state index in [-0.39, 0.29) is 11.9 Å². The number of thiocarbonyl (C=S) groups is 1. The van der Waals surface area contributed by atoms with Gasteiger partial charge < -0.3 is 19.5 Å². The van der Waals surface area contributed by atoms with Crippen LogP contribution in [0.5, 0.6) is 5.75 Å². The van der Waals surface area contributed by atoms with Crippen molar-refractivity contribution in [2.45, 2.75) is 19.5 Å². The third-order valence-electron chi connectivity index (χ3n) is 5.97. The van der Waals surface area contributed by atoms with E-state index in [1.54, 1.807) is 19.2 Å². The summed E-state index contributed by atoms with van der Waals surface area (Å²) in [4.78, 5) is 6.64. The van der Waals surface area contributed by atoms with Crippen LogP contribution in [0.3, 0.4) is 0 Å². The van der Waals surface area contributed by atoms with E-state index in [0.717, 1.165) is 28.1 Å². The molecule has 5 rings (SSSR count). The zero-order chi connectivity index (χ0) is 24.4. The van der Waals surface area contributed by atoms with Crippen molar-refractivity contribution in [3.8, 4) is 17.1 Å². The summed E-state index contributed by atoms with van der Waals surface area (Å²) in [5.74, 6) is 1.11. The Morgan fingerprint density at radius 2 is 1.83 bits per heavy atom. The van der Waals surface area contributed by atoms with E-state index in [1.165, 1.54) is 12.1 Å². The maximum absolute atomic E-state index is 13.8. The molecule has 1 aromatic heterocycles. The van der Waals surface area contributed by atoms with Crippen molar-refractivity contribution in [1.82, 2.24) is 20.4 Å². The average Bonchev–Trinajstić information content (AvgIpc) is 3.37. The second kappa shape index (κ2) is 9.68. The van der Waals surface area contributed by atoms with Gasteiger partial charge in [-0.2, -0.15) is 4.98 Å². The largest absolute Gasteiger partial charge is 0.497 e. The third-order valence-corrected chi connectivity index (χ3v) is 6.31. The number of aromatic nitrogens is 2. The molecule has 0 radical (unpaired) electrons. The quantitative estimate of drug-likeness (QED) is 0.348. The maximum atomic E-state index is 13.8. The van der Waals surface area contributed by atoms with Gasteiger partial charge in [0.25, 0.3) is 5.89 Å². The van der Waals surface area contributed by atoms with Crippen LogP contribution in [0.4, 0.5) is 4.39 Å². The van der Waals surface area contributed by atoms with Crippen LogP contribution in [0.25, 0.3) is 17.0 Å². The standard InChI is InChI=1S/C27H23FN4O2S/c1-17-23(26-30-25(31-34-26)20-9-6-10-21(28)15-20)24(19-7-4-3-5-8-19)29-27(35)32(17)16-18-11-13-22(33-2)14-12-18/h3-15,24H,16H2,1-2H3,(H,29,35). The number of hydrogen-bond donors (Lipinski definition) is 1. The summed E-state index contributed by atoms with van der Waals surface area (Å²) >= 11 is 5.78. The van der Waals surface area contributed by atoms with Gasteiger partial charge in [0.15, 0.2) is 5.11 Å². The van der Waals surface area contributed by atoms with Crippen LogP contribution in [-0.4, -0.2) is 27.3 Å². The summed E-state index contributed by atoms with van der Waals surface area (Å²) in [7, 11) is 1.64. The van der Waals surface area contributed by atoms with Gasteiger partial charge in [-0.1, -0.05) is 59.8 Å². The molecule has 6 nitrogen and oxygen atoms in total. The predicted molar refractivity (Wildman–Crippen MR) is 136 cm³/mol. The van der Waals surface area contributed by atoms with Crippen molar-refractivity contribution < 1.29 is 13.7 Å². The van der Waals surface area contributed by atoms with Crippen molar-refractivity contribution in [2.24, 2.45) is 0 Å². The van der Waals surface area contributed by atoms with E-state index in [2.05, 4.69) is 15.5 Å². The van der Waals surface area contributed by atoms with Crippen LogP contribution in [-0.2, 0) is 6.54 Å². The molecule has 0 saturated heterocycles. The second-order valence-electron chi connectivity index (χ2n) is 8.16. The molecule has 3 aromatic carbocycles. The van der Waals surface area contributed by atoms with Crippen LogP contribution in [0.2, 0.25) is 0 Å². The molecule has 1 atom stereocenters. The summed E-state index contributed by atoms with van der Waals surface area (Å²) < 4.78 is 24.8. The molecular weight excluding hydrogens is 463 g/mol. The van der Waals surface area contributed by atoms with Crippen LogP contribution in [0.15, 0.2) is 89.1 Å². The molecule has 0 amide bonds. The predicted octanol–water partition coefficient (Wildman–Crippen LogP) is 5.75. The minimum Gasteiger partial charge on any atom is -0.497 e. The van der Waals surface area contributed by atoms with Gasteiger partial charge in [0.1, 0.15) is 11.6 Å². The Labute approximate surface area is 208 Å². The van der Waals surface area contributed by atoms with Crippen LogP contribution in [0.1, 0.15) is 30.0 Å². The molecule has 1 N–H and O–H groups in total. The lowest BCUT2D eigenvalue weighted by molar-refractivity contribution is 0.396. The summed E-state index contributed by atoms with van der Waals surface area (Å²) in [6, 6.07) is 23.7. The molecule has 176 valence electrons. The molecule has 0 fully saturated rings. The van der Waals surface area contributed by atoms with E-state index in [1.807, 2.05) is 66.4 Å². The molecule has 1 aliphatic heterocycles. The SMILES string of the molecule is COc1ccc(CN2C(=S)NC(c3ccccc3)C(c3nc(-c4cccc(F)c4)no3)=C2C)cc1. The molecule has 0 saturated carbocycles. The minimum absolute atomic E-state index is 0.281. The Bertz CT molecular complexity index is 1390. The molecule has 35 heavy (non-hydrogen) atoms. The van der Waals surface area contributed by atoms with Crippen LogP contribution < -0.4 is 10.1 Å². The number of hydrogen-bond acceptors (Lipinski definition) is 5. The molecule has 0 bridgehead atoms. The Morgan fingerprint density at radius 3 is 2.54 bits per heavy atom. The van der Waals surface area contributed by atoms with Gasteiger partial charge in [0.05, 0.1) is 18.7 Å². The number of nitrogens with one attached hydrogen (secondary N) is 1. The van der Waals surface area contributed by atoms with Gasteiger partial charge in [-0.25, -0.2) is 4.39 Å². The van der Waals surface area contributed by atoms with E-state index < -0.39 is 0 Å². The number of allylic oxidation sites excluding steroid dienone is 1. The van der Waals surface area contributed by atoms with E-state index in [0.29, 0.717) is 28.9 Å². The van der Waals surface area contributed by atoms with Gasteiger partial charge in [0, 0.05) is 17.8 Å². The molecule has 0 spiro atoms. The number of benzene rings is 3. The lowest BCUT2D eigenvalue weighted by atomic mass is 9.94. The highest BCUT2D eigenvalue weighted by Gasteiger charge is 2.34. The van der Waals surface area contributed by atoms with Crippen LogP contribution in [0, 0.1) is 5.82 Å². The molecule has 1 aliphatic rings. The van der Waals surface area contributed by atoms with Crippen LogP contribution >= 0.6 is 12.2 Å². The van der Waals surface area contributed by atoms with Gasteiger partial charge in [-0.15, -0.1) is 0 Å². The Kier molecular flexibility index (Phi) is 6.29. The Hall–Kier alpha value is -4.04. The topological polar surface area (TPSA) is 63.4 Å². The first kappa shape index (κ1) is 22.7. The molecule has 2 heterocycles. The van der Waals surface area contributed by atoms with E-state index in [4.69, 9.17) is 21.5 Å². The minimum atomic E-state index is -0.359. The number of methoxy groups -OCH3 is 1. The lowest BCUT2D eigenvalue weighted by Gasteiger charge is -2.37. The first-order valence-corrected chi connectivity index (χ1v) is 11.5.